The van der Waals surface area contributed by atoms with Gasteiger partial charge in [-0.25, -0.2) is 15.0 Å². The molecular weight excluding hydrogens is 555 g/mol. The first-order chi connectivity index (χ1) is 20.0. The van der Waals surface area contributed by atoms with Crippen LogP contribution in [0.1, 0.15) is 23.6 Å². The van der Waals surface area contributed by atoms with Crippen molar-refractivity contribution in [3.05, 3.63) is 124 Å². The van der Waals surface area contributed by atoms with Gasteiger partial charge in [0, 0.05) is 27.6 Å². The van der Waals surface area contributed by atoms with Gasteiger partial charge in [-0.2, -0.15) is 5.10 Å². The SMILES string of the molecule is COc1ccc(-c2cc(-c3ccc(Cl)cc3)nc(N3N=C(c4ccc(Cl)cc4)CC3c3ccc(OC)cc3)n2)cc1. The molecule has 5 aromatic rings. The predicted molar refractivity (Wildman–Crippen MR) is 165 cm³/mol. The molecule has 1 atom stereocenters. The Morgan fingerprint density at radius 1 is 0.634 bits per heavy atom. The molecule has 41 heavy (non-hydrogen) atoms. The average molecular weight is 582 g/mol. The highest BCUT2D eigenvalue weighted by atomic mass is 35.5. The van der Waals surface area contributed by atoms with E-state index in [2.05, 4.69) is 12.1 Å². The minimum absolute atomic E-state index is 0.129. The predicted octanol–water partition coefficient (Wildman–Crippen LogP) is 8.49. The van der Waals surface area contributed by atoms with Crippen molar-refractivity contribution in [3.8, 4) is 34.0 Å². The second-order valence-corrected chi connectivity index (χ2v) is 10.4. The average Bonchev–Trinajstić information content (AvgIpc) is 3.47. The van der Waals surface area contributed by atoms with Crippen LogP contribution in [0.3, 0.4) is 0 Å². The highest BCUT2D eigenvalue weighted by Crippen LogP contribution is 2.38. The van der Waals surface area contributed by atoms with E-state index in [1.165, 1.54) is 0 Å². The molecule has 8 heteroatoms. The molecule has 1 aliphatic heterocycles. The fourth-order valence-electron chi connectivity index (χ4n) is 4.81. The molecule has 2 heterocycles. The zero-order valence-electron chi connectivity index (χ0n) is 22.5. The van der Waals surface area contributed by atoms with Crippen LogP contribution < -0.4 is 14.5 Å². The first-order valence-corrected chi connectivity index (χ1v) is 13.8. The number of hydrazone groups is 1. The largest absolute Gasteiger partial charge is 0.497 e. The number of benzene rings is 4. The first-order valence-electron chi connectivity index (χ1n) is 13.1. The van der Waals surface area contributed by atoms with Gasteiger partial charge in [0.05, 0.1) is 37.4 Å². The lowest BCUT2D eigenvalue weighted by atomic mass is 9.98. The highest BCUT2D eigenvalue weighted by Gasteiger charge is 2.32. The maximum atomic E-state index is 6.19. The third-order valence-electron chi connectivity index (χ3n) is 7.03. The lowest BCUT2D eigenvalue weighted by molar-refractivity contribution is 0.414. The Balaban J connectivity index is 1.50. The number of methoxy groups -OCH3 is 2. The van der Waals surface area contributed by atoms with Crippen LogP contribution in [0.5, 0.6) is 11.5 Å². The summed E-state index contributed by atoms with van der Waals surface area (Å²) in [5.74, 6) is 2.06. The normalized spacial score (nSPS) is 14.6. The van der Waals surface area contributed by atoms with Crippen molar-refractivity contribution in [2.24, 2.45) is 5.10 Å². The summed E-state index contributed by atoms with van der Waals surface area (Å²) in [7, 11) is 3.31. The Labute approximate surface area is 248 Å². The summed E-state index contributed by atoms with van der Waals surface area (Å²) in [5.41, 5.74) is 6.40. The number of aromatic nitrogens is 2. The van der Waals surface area contributed by atoms with Crippen LogP contribution >= 0.6 is 23.2 Å². The molecule has 0 saturated heterocycles. The topological polar surface area (TPSA) is 59.8 Å². The maximum Gasteiger partial charge on any atom is 0.247 e. The Morgan fingerprint density at radius 2 is 1.10 bits per heavy atom. The van der Waals surface area contributed by atoms with E-state index in [0.717, 1.165) is 50.9 Å². The molecule has 0 radical (unpaired) electrons. The second kappa shape index (κ2) is 11.6. The van der Waals surface area contributed by atoms with E-state index < -0.39 is 0 Å². The molecule has 0 saturated carbocycles. The molecule has 0 aliphatic carbocycles. The molecule has 0 bridgehead atoms. The lowest BCUT2D eigenvalue weighted by Crippen LogP contribution is -2.21. The van der Waals surface area contributed by atoms with Crippen molar-refractivity contribution in [3.63, 3.8) is 0 Å². The van der Waals surface area contributed by atoms with Gasteiger partial charge in [-0.15, -0.1) is 0 Å². The summed E-state index contributed by atoms with van der Waals surface area (Å²) in [5, 5.41) is 8.34. The van der Waals surface area contributed by atoms with Crippen LogP contribution in [-0.2, 0) is 0 Å². The third-order valence-corrected chi connectivity index (χ3v) is 7.54. The Hall–Kier alpha value is -4.39. The zero-order valence-corrected chi connectivity index (χ0v) is 24.0. The molecule has 0 amide bonds. The Morgan fingerprint density at radius 3 is 1.61 bits per heavy atom. The van der Waals surface area contributed by atoms with Gasteiger partial charge in [-0.05, 0) is 77.9 Å². The Kier molecular flexibility index (Phi) is 7.59. The van der Waals surface area contributed by atoms with Crippen LogP contribution in [0.15, 0.2) is 108 Å². The first kappa shape index (κ1) is 26.8. The second-order valence-electron chi connectivity index (χ2n) is 9.57. The van der Waals surface area contributed by atoms with Crippen LogP contribution in [0, 0.1) is 0 Å². The highest BCUT2D eigenvalue weighted by molar-refractivity contribution is 6.31. The molecule has 6 rings (SSSR count). The number of rotatable bonds is 7. The summed E-state index contributed by atoms with van der Waals surface area (Å²) < 4.78 is 10.8. The fourth-order valence-corrected chi connectivity index (χ4v) is 5.06. The molecule has 4 aromatic carbocycles. The van der Waals surface area contributed by atoms with E-state index in [-0.39, 0.29) is 6.04 Å². The number of nitrogens with zero attached hydrogens (tertiary/aromatic N) is 4. The Bertz CT molecular complexity index is 1690. The van der Waals surface area contributed by atoms with Gasteiger partial charge in [0.15, 0.2) is 0 Å². The van der Waals surface area contributed by atoms with Crippen molar-refractivity contribution < 1.29 is 9.47 Å². The van der Waals surface area contributed by atoms with Gasteiger partial charge in [0.2, 0.25) is 5.95 Å². The quantitative estimate of drug-likeness (QED) is 0.193. The van der Waals surface area contributed by atoms with Gasteiger partial charge in [-0.1, -0.05) is 59.6 Å². The summed E-state index contributed by atoms with van der Waals surface area (Å²) in [6.07, 6.45) is 0.667. The molecule has 0 N–H and O–H groups in total. The molecule has 1 aliphatic rings. The zero-order chi connectivity index (χ0) is 28.3. The van der Waals surface area contributed by atoms with Crippen LogP contribution in [0.4, 0.5) is 5.95 Å². The van der Waals surface area contributed by atoms with Crippen molar-refractivity contribution >= 4 is 34.9 Å². The number of anilines is 1. The van der Waals surface area contributed by atoms with E-state index in [4.69, 9.17) is 47.7 Å². The van der Waals surface area contributed by atoms with Crippen molar-refractivity contribution in [1.82, 2.24) is 9.97 Å². The van der Waals surface area contributed by atoms with Crippen molar-refractivity contribution in [2.45, 2.75) is 12.5 Å². The minimum atomic E-state index is -0.129. The van der Waals surface area contributed by atoms with E-state index in [1.807, 2.05) is 96.0 Å². The summed E-state index contributed by atoms with van der Waals surface area (Å²) in [6, 6.07) is 33.1. The molecular formula is C33H26Cl2N4O2. The van der Waals surface area contributed by atoms with Crippen LogP contribution in [0.2, 0.25) is 10.0 Å². The molecule has 6 nitrogen and oxygen atoms in total. The minimum Gasteiger partial charge on any atom is -0.497 e. The molecule has 0 fully saturated rings. The van der Waals surface area contributed by atoms with Gasteiger partial charge in [0.1, 0.15) is 11.5 Å². The van der Waals surface area contributed by atoms with E-state index >= 15 is 0 Å². The lowest BCUT2D eigenvalue weighted by Gasteiger charge is -2.23. The molecule has 1 unspecified atom stereocenters. The standard InChI is InChI=1S/C33H26Cl2N4O2/c1-40-27-15-7-22(8-16-27)30-19-29(21-3-11-25(34)12-4-21)36-33(37-30)39-32(24-9-17-28(41-2)18-10-24)20-31(38-39)23-5-13-26(35)14-6-23/h3-19,32H,20H2,1-2H3. The van der Waals surface area contributed by atoms with Crippen LogP contribution in [0.25, 0.3) is 22.5 Å². The van der Waals surface area contributed by atoms with Crippen molar-refractivity contribution in [1.29, 1.82) is 0 Å². The smallest absolute Gasteiger partial charge is 0.247 e. The van der Waals surface area contributed by atoms with E-state index in [1.54, 1.807) is 14.2 Å². The number of ether oxygens (including phenoxy) is 2. The molecule has 0 spiro atoms. The number of hydrogen-bond donors (Lipinski definition) is 0. The van der Waals surface area contributed by atoms with Gasteiger partial charge in [0.25, 0.3) is 0 Å². The number of halogens is 2. The fraction of sp³-hybridized carbons (Fsp3) is 0.121. The summed E-state index contributed by atoms with van der Waals surface area (Å²) in [4.78, 5) is 10.1. The van der Waals surface area contributed by atoms with Crippen LogP contribution in [-0.4, -0.2) is 29.9 Å². The van der Waals surface area contributed by atoms with Crippen molar-refractivity contribution in [2.75, 3.05) is 19.2 Å². The third kappa shape index (κ3) is 5.75. The van der Waals surface area contributed by atoms with Gasteiger partial charge < -0.3 is 9.47 Å². The maximum absolute atomic E-state index is 6.19. The molecule has 1 aromatic heterocycles. The summed E-state index contributed by atoms with van der Waals surface area (Å²) in [6.45, 7) is 0. The monoisotopic (exact) mass is 580 g/mol. The van der Waals surface area contributed by atoms with E-state index in [0.29, 0.717) is 22.4 Å². The van der Waals surface area contributed by atoms with Gasteiger partial charge in [-0.3, -0.25) is 0 Å². The number of hydrogen-bond acceptors (Lipinski definition) is 6. The molecule has 204 valence electrons. The summed E-state index contributed by atoms with van der Waals surface area (Å²) >= 11 is 12.4. The van der Waals surface area contributed by atoms with Gasteiger partial charge >= 0.3 is 0 Å². The van der Waals surface area contributed by atoms with E-state index in [9.17, 15) is 0 Å².